The summed E-state index contributed by atoms with van der Waals surface area (Å²) in [7, 11) is 0. The second-order valence-electron chi connectivity index (χ2n) is 6.71. The Morgan fingerprint density at radius 2 is 2.04 bits per heavy atom. The first-order valence-electron chi connectivity index (χ1n) is 8.41. The number of hydrogen-bond acceptors (Lipinski definition) is 5. The Kier molecular flexibility index (Phi) is 4.35. The van der Waals surface area contributed by atoms with Crippen molar-refractivity contribution in [2.45, 2.75) is 70.6 Å². The van der Waals surface area contributed by atoms with Crippen LogP contribution in [0, 0.1) is 18.3 Å². The van der Waals surface area contributed by atoms with Crippen LogP contribution in [-0.2, 0) is 17.9 Å². The molecule has 1 aromatic heterocycles. The molecule has 7 nitrogen and oxygen atoms in total. The van der Waals surface area contributed by atoms with Gasteiger partial charge in [-0.2, -0.15) is 5.26 Å². The van der Waals surface area contributed by atoms with E-state index in [9.17, 15) is 10.1 Å². The Morgan fingerprint density at radius 3 is 2.74 bits per heavy atom. The van der Waals surface area contributed by atoms with Gasteiger partial charge in [-0.1, -0.05) is 19.3 Å². The SMILES string of the molecule is Cc1nnc2n1CCN([C@@H](C)C(=O)NC1(C#N)CCCCC1)C2. The standard InChI is InChI=1S/C16H24N6O/c1-12(15(23)18-16(11-17)6-4-3-5-7-16)21-8-9-22-13(2)19-20-14(22)10-21/h12H,3-10H2,1-2H3,(H,18,23)/t12-/m0/s1. The predicted molar refractivity (Wildman–Crippen MR) is 84.2 cm³/mol. The van der Waals surface area contributed by atoms with Crippen LogP contribution in [-0.4, -0.2) is 43.7 Å². The number of aryl methyl sites for hydroxylation is 1. The van der Waals surface area contributed by atoms with Gasteiger partial charge in [0.05, 0.1) is 18.7 Å². The maximum Gasteiger partial charge on any atom is 0.238 e. The van der Waals surface area contributed by atoms with Crippen molar-refractivity contribution in [2.24, 2.45) is 0 Å². The third kappa shape index (κ3) is 3.08. The van der Waals surface area contributed by atoms with E-state index < -0.39 is 5.54 Å². The first-order chi connectivity index (χ1) is 11.0. The molecule has 0 spiro atoms. The highest BCUT2D eigenvalue weighted by molar-refractivity contribution is 5.82. The van der Waals surface area contributed by atoms with E-state index in [1.165, 1.54) is 0 Å². The van der Waals surface area contributed by atoms with Crippen molar-refractivity contribution in [3.05, 3.63) is 11.6 Å². The summed E-state index contributed by atoms with van der Waals surface area (Å²) in [6.07, 6.45) is 4.68. The van der Waals surface area contributed by atoms with Crippen LogP contribution in [0.25, 0.3) is 0 Å². The number of amides is 1. The molecule has 2 aliphatic rings. The van der Waals surface area contributed by atoms with Gasteiger partial charge in [0.25, 0.3) is 0 Å². The molecule has 1 saturated carbocycles. The lowest BCUT2D eigenvalue weighted by Gasteiger charge is -2.36. The summed E-state index contributed by atoms with van der Waals surface area (Å²) >= 11 is 0. The first-order valence-corrected chi connectivity index (χ1v) is 8.41. The van der Waals surface area contributed by atoms with Gasteiger partial charge in [-0.05, 0) is 26.7 Å². The van der Waals surface area contributed by atoms with Crippen molar-refractivity contribution in [2.75, 3.05) is 6.54 Å². The quantitative estimate of drug-likeness (QED) is 0.903. The molecule has 0 aromatic carbocycles. The molecule has 0 unspecified atom stereocenters. The van der Waals surface area contributed by atoms with Crippen molar-refractivity contribution in [1.29, 1.82) is 5.26 Å². The lowest BCUT2D eigenvalue weighted by molar-refractivity contribution is -0.128. The summed E-state index contributed by atoms with van der Waals surface area (Å²) in [6, 6.07) is 2.08. The van der Waals surface area contributed by atoms with Gasteiger partial charge in [0.15, 0.2) is 0 Å². The van der Waals surface area contributed by atoms with Crippen molar-refractivity contribution in [1.82, 2.24) is 25.0 Å². The van der Waals surface area contributed by atoms with Gasteiger partial charge in [0.1, 0.15) is 17.2 Å². The first kappa shape index (κ1) is 15.9. The lowest BCUT2D eigenvalue weighted by Crippen LogP contribution is -2.55. The van der Waals surface area contributed by atoms with Crippen LogP contribution in [0.3, 0.4) is 0 Å². The molecular weight excluding hydrogens is 292 g/mol. The second-order valence-corrected chi connectivity index (χ2v) is 6.71. The van der Waals surface area contributed by atoms with Crippen LogP contribution in [0.5, 0.6) is 0 Å². The highest BCUT2D eigenvalue weighted by Crippen LogP contribution is 2.28. The molecule has 2 heterocycles. The van der Waals surface area contributed by atoms with E-state index in [1.807, 2.05) is 13.8 Å². The molecule has 0 bridgehead atoms. The maximum atomic E-state index is 12.6. The Bertz CT molecular complexity index is 625. The van der Waals surface area contributed by atoms with E-state index in [0.29, 0.717) is 6.54 Å². The normalized spacial score (nSPS) is 22.0. The second kappa shape index (κ2) is 6.28. The number of nitrogens with one attached hydrogen (secondary N) is 1. The molecule has 124 valence electrons. The van der Waals surface area contributed by atoms with E-state index in [-0.39, 0.29) is 11.9 Å². The minimum absolute atomic E-state index is 0.0573. The van der Waals surface area contributed by atoms with E-state index >= 15 is 0 Å². The van der Waals surface area contributed by atoms with Crippen LogP contribution in [0.4, 0.5) is 0 Å². The van der Waals surface area contributed by atoms with Crippen molar-refractivity contribution in [3.8, 4) is 6.07 Å². The zero-order valence-electron chi connectivity index (χ0n) is 13.9. The van der Waals surface area contributed by atoms with Gasteiger partial charge >= 0.3 is 0 Å². The monoisotopic (exact) mass is 316 g/mol. The number of hydrogen-bond donors (Lipinski definition) is 1. The van der Waals surface area contributed by atoms with E-state index in [2.05, 4.69) is 31.1 Å². The van der Waals surface area contributed by atoms with E-state index in [0.717, 1.165) is 56.8 Å². The summed E-state index contributed by atoms with van der Waals surface area (Å²) in [4.78, 5) is 14.7. The summed E-state index contributed by atoms with van der Waals surface area (Å²) in [6.45, 7) is 6.06. The number of rotatable bonds is 3. The number of fused-ring (bicyclic) bond motifs is 1. The summed E-state index contributed by atoms with van der Waals surface area (Å²) in [5, 5.41) is 20.8. The summed E-state index contributed by atoms with van der Waals surface area (Å²) in [5.74, 6) is 1.77. The summed E-state index contributed by atoms with van der Waals surface area (Å²) < 4.78 is 2.10. The van der Waals surface area contributed by atoms with Crippen LogP contribution in [0.1, 0.15) is 50.7 Å². The van der Waals surface area contributed by atoms with Gasteiger partial charge in [0, 0.05) is 13.1 Å². The van der Waals surface area contributed by atoms with Gasteiger partial charge in [-0.3, -0.25) is 9.69 Å². The number of nitriles is 1. The molecule has 3 rings (SSSR count). The molecule has 1 aliphatic heterocycles. The molecule has 23 heavy (non-hydrogen) atoms. The third-order valence-corrected chi connectivity index (χ3v) is 5.18. The molecule has 1 fully saturated rings. The minimum atomic E-state index is -0.671. The molecule has 1 N–H and O–H groups in total. The maximum absolute atomic E-state index is 12.6. The number of carbonyl (C=O) groups is 1. The molecule has 1 aliphatic carbocycles. The highest BCUT2D eigenvalue weighted by Gasteiger charge is 2.36. The molecule has 1 amide bonds. The lowest BCUT2D eigenvalue weighted by atomic mass is 9.82. The zero-order chi connectivity index (χ0) is 16.4. The fraction of sp³-hybridized carbons (Fsp3) is 0.750. The Morgan fingerprint density at radius 1 is 1.30 bits per heavy atom. The molecule has 0 saturated heterocycles. The molecule has 0 radical (unpaired) electrons. The summed E-state index contributed by atoms with van der Waals surface area (Å²) in [5.41, 5.74) is -0.671. The Balaban J connectivity index is 1.65. The van der Waals surface area contributed by atoms with Crippen LogP contribution >= 0.6 is 0 Å². The fourth-order valence-corrected chi connectivity index (χ4v) is 3.58. The average molecular weight is 316 g/mol. The van der Waals surface area contributed by atoms with E-state index in [1.54, 1.807) is 0 Å². The van der Waals surface area contributed by atoms with Gasteiger partial charge in [0.2, 0.25) is 5.91 Å². The van der Waals surface area contributed by atoms with E-state index in [4.69, 9.17) is 0 Å². The van der Waals surface area contributed by atoms with Crippen molar-refractivity contribution >= 4 is 5.91 Å². The van der Waals surface area contributed by atoms with Gasteiger partial charge in [-0.15, -0.1) is 10.2 Å². The molecular formula is C16H24N6O. The molecule has 1 aromatic rings. The highest BCUT2D eigenvalue weighted by atomic mass is 16.2. The smallest absolute Gasteiger partial charge is 0.238 e. The average Bonchev–Trinajstić information content (AvgIpc) is 2.95. The largest absolute Gasteiger partial charge is 0.336 e. The third-order valence-electron chi connectivity index (χ3n) is 5.18. The number of carbonyl (C=O) groups excluding carboxylic acids is 1. The van der Waals surface area contributed by atoms with Crippen LogP contribution in [0.2, 0.25) is 0 Å². The van der Waals surface area contributed by atoms with Crippen molar-refractivity contribution in [3.63, 3.8) is 0 Å². The Labute approximate surface area is 136 Å². The molecule has 7 heteroatoms. The van der Waals surface area contributed by atoms with Crippen LogP contribution in [0.15, 0.2) is 0 Å². The predicted octanol–water partition coefficient (Wildman–Crippen LogP) is 1.13. The zero-order valence-corrected chi connectivity index (χ0v) is 13.9. The van der Waals surface area contributed by atoms with Crippen molar-refractivity contribution < 1.29 is 4.79 Å². The van der Waals surface area contributed by atoms with Gasteiger partial charge in [-0.25, -0.2) is 0 Å². The van der Waals surface area contributed by atoms with Gasteiger partial charge < -0.3 is 9.88 Å². The minimum Gasteiger partial charge on any atom is -0.336 e. The number of aromatic nitrogens is 3. The van der Waals surface area contributed by atoms with Crippen LogP contribution < -0.4 is 5.32 Å². The topological polar surface area (TPSA) is 86.8 Å². The Hall–Kier alpha value is -1.94. The fourth-order valence-electron chi connectivity index (χ4n) is 3.58. The molecule has 1 atom stereocenters. The number of nitrogens with zero attached hydrogens (tertiary/aromatic N) is 5.